The van der Waals surface area contributed by atoms with E-state index in [1.165, 1.54) is 21.9 Å². The maximum Gasteiger partial charge on any atom is 0.359 e. The zero-order valence-electron chi connectivity index (χ0n) is 17.7. The zero-order chi connectivity index (χ0) is 22.2. The molecule has 0 radical (unpaired) electrons. The molecule has 2 heterocycles. The van der Waals surface area contributed by atoms with Crippen LogP contribution in [0.3, 0.4) is 0 Å². The van der Waals surface area contributed by atoms with Gasteiger partial charge in [-0.1, -0.05) is 25.1 Å². The SMILES string of the molecule is CCCn1nc(C(=O)OCc2cc(=O)oc3cc4c(cc23)CCC4)c2ccccc2c1=O. The summed E-state index contributed by atoms with van der Waals surface area (Å²) in [6.07, 6.45) is 3.74. The standard InChI is InChI=1S/C25H22N2O5/c1-2-10-27-24(29)19-9-4-3-8-18(19)23(26-27)25(30)31-14-17-13-22(28)32-21-12-16-7-5-6-15(16)11-20(17)21/h3-4,8-9,11-13H,2,5-7,10,14H2,1H3. The van der Waals surface area contributed by atoms with Crippen molar-refractivity contribution in [3.63, 3.8) is 0 Å². The Hall–Kier alpha value is -3.74. The van der Waals surface area contributed by atoms with Gasteiger partial charge in [0.2, 0.25) is 0 Å². The third kappa shape index (κ3) is 3.49. The van der Waals surface area contributed by atoms with E-state index in [9.17, 15) is 14.4 Å². The number of carbonyl (C=O) groups excluding carboxylic acids is 1. The lowest BCUT2D eigenvalue weighted by atomic mass is 10.0. The van der Waals surface area contributed by atoms with E-state index in [2.05, 4.69) is 5.10 Å². The molecule has 0 saturated carbocycles. The highest BCUT2D eigenvalue weighted by atomic mass is 16.5. The van der Waals surface area contributed by atoms with E-state index in [1.807, 2.05) is 19.1 Å². The first-order valence-corrected chi connectivity index (χ1v) is 10.8. The molecular weight excluding hydrogens is 408 g/mol. The molecule has 1 aliphatic carbocycles. The van der Waals surface area contributed by atoms with Crippen molar-refractivity contribution in [2.75, 3.05) is 0 Å². The van der Waals surface area contributed by atoms with Crippen molar-refractivity contribution in [2.45, 2.75) is 45.8 Å². The Morgan fingerprint density at radius 3 is 2.59 bits per heavy atom. The van der Waals surface area contributed by atoms with Crippen LogP contribution in [0.2, 0.25) is 0 Å². The molecular formula is C25H22N2O5. The summed E-state index contributed by atoms with van der Waals surface area (Å²) in [6, 6.07) is 12.2. The molecule has 4 aromatic rings. The van der Waals surface area contributed by atoms with Gasteiger partial charge in [-0.05, 0) is 55.0 Å². The number of nitrogens with zero attached hydrogens (tertiary/aromatic N) is 2. The van der Waals surface area contributed by atoms with Crippen molar-refractivity contribution < 1.29 is 13.9 Å². The van der Waals surface area contributed by atoms with E-state index < -0.39 is 11.6 Å². The predicted octanol–water partition coefficient (Wildman–Crippen LogP) is 3.76. The minimum absolute atomic E-state index is 0.0850. The molecule has 0 unspecified atom stereocenters. The number of aromatic nitrogens is 2. The Morgan fingerprint density at radius 1 is 1.06 bits per heavy atom. The average molecular weight is 430 g/mol. The number of hydrogen-bond donors (Lipinski definition) is 0. The van der Waals surface area contributed by atoms with E-state index >= 15 is 0 Å². The average Bonchev–Trinajstić information content (AvgIpc) is 3.25. The molecule has 32 heavy (non-hydrogen) atoms. The van der Waals surface area contributed by atoms with E-state index in [0.717, 1.165) is 24.6 Å². The maximum atomic E-state index is 13.0. The highest BCUT2D eigenvalue weighted by Gasteiger charge is 2.20. The number of hydrogen-bond acceptors (Lipinski definition) is 6. The summed E-state index contributed by atoms with van der Waals surface area (Å²) in [7, 11) is 0. The summed E-state index contributed by atoms with van der Waals surface area (Å²) in [5, 5.41) is 5.92. The molecule has 0 amide bonds. The van der Waals surface area contributed by atoms with Gasteiger partial charge in [-0.15, -0.1) is 0 Å². The molecule has 0 spiro atoms. The minimum Gasteiger partial charge on any atom is -0.456 e. The van der Waals surface area contributed by atoms with Crippen LogP contribution in [0, 0.1) is 0 Å². The van der Waals surface area contributed by atoms with Crippen molar-refractivity contribution in [1.82, 2.24) is 9.78 Å². The fourth-order valence-corrected chi connectivity index (χ4v) is 4.38. The van der Waals surface area contributed by atoms with Gasteiger partial charge in [0, 0.05) is 28.9 Å². The van der Waals surface area contributed by atoms with Crippen LogP contribution in [-0.2, 0) is 30.7 Å². The van der Waals surface area contributed by atoms with Gasteiger partial charge in [-0.2, -0.15) is 5.10 Å². The van der Waals surface area contributed by atoms with Gasteiger partial charge in [0.15, 0.2) is 5.69 Å². The molecule has 5 rings (SSSR count). The monoisotopic (exact) mass is 430 g/mol. The van der Waals surface area contributed by atoms with Crippen LogP contribution < -0.4 is 11.2 Å². The summed E-state index contributed by atoms with van der Waals surface area (Å²) in [5.41, 5.74) is 2.89. The molecule has 2 aromatic carbocycles. The van der Waals surface area contributed by atoms with Crippen molar-refractivity contribution in [1.29, 1.82) is 0 Å². The lowest BCUT2D eigenvalue weighted by molar-refractivity contribution is 0.0466. The Balaban J connectivity index is 1.51. The van der Waals surface area contributed by atoms with Crippen LogP contribution >= 0.6 is 0 Å². The first-order chi connectivity index (χ1) is 15.5. The summed E-state index contributed by atoms with van der Waals surface area (Å²) in [5.74, 6) is -0.645. The Morgan fingerprint density at radius 2 is 1.81 bits per heavy atom. The van der Waals surface area contributed by atoms with E-state index in [-0.39, 0.29) is 17.9 Å². The number of ether oxygens (including phenoxy) is 1. The predicted molar refractivity (Wildman–Crippen MR) is 120 cm³/mol. The fraction of sp³-hybridized carbons (Fsp3) is 0.280. The molecule has 7 nitrogen and oxygen atoms in total. The Labute approximate surface area is 183 Å². The molecule has 0 aliphatic heterocycles. The second-order valence-electron chi connectivity index (χ2n) is 8.06. The first-order valence-electron chi connectivity index (χ1n) is 10.8. The van der Waals surface area contributed by atoms with Gasteiger partial charge in [0.25, 0.3) is 5.56 Å². The molecule has 1 aliphatic rings. The van der Waals surface area contributed by atoms with Crippen molar-refractivity contribution in [3.05, 3.63) is 85.6 Å². The molecule has 0 bridgehead atoms. The molecule has 162 valence electrons. The second kappa shape index (κ2) is 8.07. The maximum absolute atomic E-state index is 13.0. The van der Waals surface area contributed by atoms with Crippen LogP contribution in [0.4, 0.5) is 0 Å². The van der Waals surface area contributed by atoms with Crippen molar-refractivity contribution in [3.8, 4) is 0 Å². The van der Waals surface area contributed by atoms with Crippen molar-refractivity contribution in [2.24, 2.45) is 0 Å². The number of rotatable bonds is 5. The molecule has 0 atom stereocenters. The van der Waals surface area contributed by atoms with Crippen molar-refractivity contribution >= 4 is 27.7 Å². The van der Waals surface area contributed by atoms with Gasteiger partial charge in [-0.3, -0.25) is 4.79 Å². The Bertz CT molecular complexity index is 1480. The number of benzene rings is 2. The fourth-order valence-electron chi connectivity index (χ4n) is 4.38. The number of aryl methyl sites for hydroxylation is 3. The zero-order valence-corrected chi connectivity index (χ0v) is 17.7. The number of fused-ring (bicyclic) bond motifs is 3. The summed E-state index contributed by atoms with van der Waals surface area (Å²) < 4.78 is 12.3. The van der Waals surface area contributed by atoms with Crippen LogP contribution in [0.15, 0.2) is 56.5 Å². The van der Waals surface area contributed by atoms with Crippen LogP contribution in [0.1, 0.15) is 46.9 Å². The molecule has 0 fully saturated rings. The highest BCUT2D eigenvalue weighted by Crippen LogP contribution is 2.29. The number of carbonyl (C=O) groups is 1. The third-order valence-electron chi connectivity index (χ3n) is 5.90. The quantitative estimate of drug-likeness (QED) is 0.354. The van der Waals surface area contributed by atoms with Gasteiger partial charge < -0.3 is 9.15 Å². The molecule has 0 N–H and O–H groups in total. The Kier molecular flexibility index (Phi) is 5.09. The molecule has 0 saturated heterocycles. The van der Waals surface area contributed by atoms with Gasteiger partial charge in [-0.25, -0.2) is 14.3 Å². The van der Waals surface area contributed by atoms with Crippen LogP contribution in [0.25, 0.3) is 21.7 Å². The van der Waals surface area contributed by atoms with E-state index in [4.69, 9.17) is 9.15 Å². The topological polar surface area (TPSA) is 91.4 Å². The van der Waals surface area contributed by atoms with E-state index in [0.29, 0.717) is 34.9 Å². The third-order valence-corrected chi connectivity index (χ3v) is 5.90. The van der Waals surface area contributed by atoms with E-state index in [1.54, 1.807) is 24.3 Å². The van der Waals surface area contributed by atoms with Crippen LogP contribution in [-0.4, -0.2) is 15.7 Å². The first kappa shape index (κ1) is 20.2. The summed E-state index contributed by atoms with van der Waals surface area (Å²) >= 11 is 0. The summed E-state index contributed by atoms with van der Waals surface area (Å²) in [4.78, 5) is 37.7. The lowest BCUT2D eigenvalue weighted by Crippen LogP contribution is -2.26. The van der Waals surface area contributed by atoms with Gasteiger partial charge in [0.1, 0.15) is 12.2 Å². The van der Waals surface area contributed by atoms with Gasteiger partial charge >= 0.3 is 11.6 Å². The normalized spacial score (nSPS) is 12.9. The van der Waals surface area contributed by atoms with Crippen LogP contribution in [0.5, 0.6) is 0 Å². The molecule has 7 heteroatoms. The number of esters is 1. The summed E-state index contributed by atoms with van der Waals surface area (Å²) in [6.45, 7) is 2.24. The van der Waals surface area contributed by atoms with Gasteiger partial charge in [0.05, 0.1) is 5.39 Å². The lowest BCUT2D eigenvalue weighted by Gasteiger charge is -2.11. The highest BCUT2D eigenvalue weighted by molar-refractivity contribution is 6.02. The molecule has 2 aromatic heterocycles. The minimum atomic E-state index is -0.645. The largest absolute Gasteiger partial charge is 0.456 e. The second-order valence-corrected chi connectivity index (χ2v) is 8.06. The smallest absolute Gasteiger partial charge is 0.359 e.